The standard InChI is InChI=1S/C22H27N3O4/c1-14(18-11-17(28-2)8-9-20(18)29-3)24-21(26)13-25-12-16-7-5-4-6-15(16)10-19(25)22(23)27/h4-9,11,14,19H,10,12-13H2,1-3H3,(H2,23,27)(H,24,26)/t14?,19-/m0/s1. The molecule has 2 aromatic carbocycles. The average molecular weight is 397 g/mol. The second-order valence-corrected chi connectivity index (χ2v) is 7.19. The van der Waals surface area contributed by atoms with Crippen LogP contribution in [0.15, 0.2) is 42.5 Å². The SMILES string of the molecule is COc1ccc(OC)c(C(C)NC(=O)CN2Cc3ccccc3C[C@H]2C(N)=O)c1. The minimum atomic E-state index is -0.502. The molecule has 3 N–H and O–H groups in total. The molecule has 1 unspecified atom stereocenters. The number of ether oxygens (including phenoxy) is 2. The van der Waals surface area contributed by atoms with Crippen LogP contribution in [-0.2, 0) is 22.6 Å². The summed E-state index contributed by atoms with van der Waals surface area (Å²) in [6, 6.07) is 12.6. The van der Waals surface area contributed by atoms with Gasteiger partial charge in [0, 0.05) is 12.1 Å². The average Bonchev–Trinajstić information content (AvgIpc) is 2.72. The molecule has 0 saturated carbocycles. The fraction of sp³-hybridized carbons (Fsp3) is 0.364. The summed E-state index contributed by atoms with van der Waals surface area (Å²) in [7, 11) is 3.18. The van der Waals surface area contributed by atoms with Crippen LogP contribution in [0, 0.1) is 0 Å². The second kappa shape index (κ2) is 8.96. The van der Waals surface area contributed by atoms with Crippen molar-refractivity contribution in [1.29, 1.82) is 0 Å². The Morgan fingerprint density at radius 3 is 2.55 bits per heavy atom. The third kappa shape index (κ3) is 4.68. The van der Waals surface area contributed by atoms with Crippen LogP contribution < -0.4 is 20.5 Å². The molecular weight excluding hydrogens is 370 g/mol. The van der Waals surface area contributed by atoms with E-state index in [0.717, 1.165) is 16.7 Å². The number of benzene rings is 2. The highest BCUT2D eigenvalue weighted by molar-refractivity contribution is 5.83. The Hall–Kier alpha value is -3.06. The molecule has 7 nitrogen and oxygen atoms in total. The van der Waals surface area contributed by atoms with Crippen molar-refractivity contribution < 1.29 is 19.1 Å². The van der Waals surface area contributed by atoms with Crippen LogP contribution in [0.3, 0.4) is 0 Å². The minimum Gasteiger partial charge on any atom is -0.497 e. The van der Waals surface area contributed by atoms with E-state index in [2.05, 4.69) is 5.32 Å². The number of nitrogens with two attached hydrogens (primary N) is 1. The van der Waals surface area contributed by atoms with E-state index in [1.807, 2.05) is 48.2 Å². The molecule has 29 heavy (non-hydrogen) atoms. The number of nitrogens with one attached hydrogen (secondary N) is 1. The van der Waals surface area contributed by atoms with Crippen molar-refractivity contribution >= 4 is 11.8 Å². The summed E-state index contributed by atoms with van der Waals surface area (Å²) >= 11 is 0. The van der Waals surface area contributed by atoms with Gasteiger partial charge in [0.05, 0.1) is 32.8 Å². The maximum absolute atomic E-state index is 12.8. The van der Waals surface area contributed by atoms with Crippen molar-refractivity contribution in [1.82, 2.24) is 10.2 Å². The first-order valence-electron chi connectivity index (χ1n) is 9.54. The molecule has 1 aliphatic heterocycles. The van der Waals surface area contributed by atoms with Crippen LogP contribution in [-0.4, -0.2) is 43.5 Å². The number of nitrogens with zero attached hydrogens (tertiary/aromatic N) is 1. The summed E-state index contributed by atoms with van der Waals surface area (Å²) in [4.78, 5) is 26.6. The summed E-state index contributed by atoms with van der Waals surface area (Å²) in [5.74, 6) is 0.742. The second-order valence-electron chi connectivity index (χ2n) is 7.19. The monoisotopic (exact) mass is 397 g/mol. The minimum absolute atomic E-state index is 0.0819. The lowest BCUT2D eigenvalue weighted by Crippen LogP contribution is -2.51. The lowest BCUT2D eigenvalue weighted by Gasteiger charge is -2.34. The number of carbonyl (C=O) groups excluding carboxylic acids is 2. The van der Waals surface area contributed by atoms with Gasteiger partial charge in [-0.05, 0) is 42.7 Å². The third-order valence-corrected chi connectivity index (χ3v) is 5.30. The predicted molar refractivity (Wildman–Crippen MR) is 110 cm³/mol. The van der Waals surface area contributed by atoms with Crippen LogP contribution in [0.25, 0.3) is 0 Å². The van der Waals surface area contributed by atoms with Gasteiger partial charge in [0.2, 0.25) is 11.8 Å². The van der Waals surface area contributed by atoms with E-state index in [1.54, 1.807) is 20.3 Å². The smallest absolute Gasteiger partial charge is 0.235 e. The van der Waals surface area contributed by atoms with Gasteiger partial charge in [-0.2, -0.15) is 0 Å². The van der Waals surface area contributed by atoms with Gasteiger partial charge in [-0.25, -0.2) is 0 Å². The maximum Gasteiger partial charge on any atom is 0.235 e. The first-order chi connectivity index (χ1) is 13.9. The fourth-order valence-corrected chi connectivity index (χ4v) is 3.75. The summed E-state index contributed by atoms with van der Waals surface area (Å²) in [6.07, 6.45) is 0.512. The summed E-state index contributed by atoms with van der Waals surface area (Å²) in [5, 5.41) is 2.98. The molecule has 0 saturated heterocycles. The summed E-state index contributed by atoms with van der Waals surface area (Å²) in [6.45, 7) is 2.47. The van der Waals surface area contributed by atoms with E-state index in [-0.39, 0.29) is 18.5 Å². The summed E-state index contributed by atoms with van der Waals surface area (Å²) in [5.41, 5.74) is 8.64. The van der Waals surface area contributed by atoms with Crippen molar-refractivity contribution in [3.63, 3.8) is 0 Å². The zero-order valence-electron chi connectivity index (χ0n) is 17.0. The van der Waals surface area contributed by atoms with Crippen LogP contribution in [0.1, 0.15) is 29.7 Å². The first kappa shape index (κ1) is 20.7. The number of methoxy groups -OCH3 is 2. The Morgan fingerprint density at radius 1 is 1.17 bits per heavy atom. The highest BCUT2D eigenvalue weighted by atomic mass is 16.5. The predicted octanol–water partition coefficient (Wildman–Crippen LogP) is 1.79. The Bertz CT molecular complexity index is 899. The molecule has 0 spiro atoms. The van der Waals surface area contributed by atoms with Crippen LogP contribution in [0.2, 0.25) is 0 Å². The van der Waals surface area contributed by atoms with Crippen LogP contribution >= 0.6 is 0 Å². The molecule has 2 amide bonds. The van der Waals surface area contributed by atoms with Gasteiger partial charge >= 0.3 is 0 Å². The largest absolute Gasteiger partial charge is 0.497 e. The maximum atomic E-state index is 12.8. The molecule has 154 valence electrons. The molecule has 0 aromatic heterocycles. The number of primary amides is 1. The van der Waals surface area contributed by atoms with Gasteiger partial charge in [-0.3, -0.25) is 14.5 Å². The van der Waals surface area contributed by atoms with E-state index < -0.39 is 11.9 Å². The van der Waals surface area contributed by atoms with Gasteiger partial charge < -0.3 is 20.5 Å². The van der Waals surface area contributed by atoms with Crippen molar-refractivity contribution in [3.05, 3.63) is 59.2 Å². The zero-order chi connectivity index (χ0) is 21.0. The molecule has 0 radical (unpaired) electrons. The molecule has 2 atom stereocenters. The lowest BCUT2D eigenvalue weighted by atomic mass is 9.93. The van der Waals surface area contributed by atoms with Crippen molar-refractivity contribution in [2.75, 3.05) is 20.8 Å². The highest BCUT2D eigenvalue weighted by Crippen LogP contribution is 2.29. The Kier molecular flexibility index (Phi) is 6.39. The molecule has 1 heterocycles. The number of carbonyl (C=O) groups is 2. The number of hydrogen-bond donors (Lipinski definition) is 2. The number of rotatable bonds is 7. The molecule has 1 aliphatic rings. The van der Waals surface area contributed by atoms with E-state index in [0.29, 0.717) is 24.5 Å². The van der Waals surface area contributed by atoms with Crippen molar-refractivity contribution in [2.24, 2.45) is 5.73 Å². The quantitative estimate of drug-likeness (QED) is 0.743. The van der Waals surface area contributed by atoms with E-state index in [4.69, 9.17) is 15.2 Å². The Balaban J connectivity index is 1.72. The number of hydrogen-bond acceptors (Lipinski definition) is 5. The number of amides is 2. The first-order valence-corrected chi connectivity index (χ1v) is 9.54. The van der Waals surface area contributed by atoms with E-state index in [9.17, 15) is 9.59 Å². The van der Waals surface area contributed by atoms with Gasteiger partial charge in [0.25, 0.3) is 0 Å². The number of fused-ring (bicyclic) bond motifs is 1. The van der Waals surface area contributed by atoms with Crippen molar-refractivity contribution in [2.45, 2.75) is 32.0 Å². The van der Waals surface area contributed by atoms with Gasteiger partial charge in [0.1, 0.15) is 11.5 Å². The topological polar surface area (TPSA) is 93.9 Å². The van der Waals surface area contributed by atoms with Gasteiger partial charge in [0.15, 0.2) is 0 Å². The highest BCUT2D eigenvalue weighted by Gasteiger charge is 2.31. The molecular formula is C22H27N3O4. The zero-order valence-corrected chi connectivity index (χ0v) is 17.0. The lowest BCUT2D eigenvalue weighted by molar-refractivity contribution is -0.128. The molecule has 0 fully saturated rings. The van der Waals surface area contributed by atoms with E-state index >= 15 is 0 Å². The Labute approximate surface area is 170 Å². The molecule has 0 bridgehead atoms. The van der Waals surface area contributed by atoms with Crippen molar-refractivity contribution in [3.8, 4) is 11.5 Å². The fourth-order valence-electron chi connectivity index (χ4n) is 3.75. The normalized spacial score (nSPS) is 17.1. The van der Waals surface area contributed by atoms with Gasteiger partial charge in [-0.15, -0.1) is 0 Å². The molecule has 3 rings (SSSR count). The van der Waals surface area contributed by atoms with E-state index in [1.165, 1.54) is 0 Å². The molecule has 0 aliphatic carbocycles. The van der Waals surface area contributed by atoms with Crippen LogP contribution in [0.4, 0.5) is 0 Å². The summed E-state index contributed by atoms with van der Waals surface area (Å²) < 4.78 is 10.7. The van der Waals surface area contributed by atoms with Gasteiger partial charge in [-0.1, -0.05) is 24.3 Å². The third-order valence-electron chi connectivity index (χ3n) is 5.30. The van der Waals surface area contributed by atoms with Crippen LogP contribution in [0.5, 0.6) is 11.5 Å². The Morgan fingerprint density at radius 2 is 1.90 bits per heavy atom. The molecule has 7 heteroatoms. The molecule has 2 aromatic rings.